The van der Waals surface area contributed by atoms with E-state index in [0.717, 1.165) is 0 Å². The molecule has 1 aliphatic heterocycles. The molecule has 9 heteroatoms. The molecule has 1 heterocycles. The van der Waals surface area contributed by atoms with Gasteiger partial charge in [0.2, 0.25) is 5.91 Å². The first-order valence-electron chi connectivity index (χ1n) is 7.62. The molecule has 2 unspecified atom stereocenters. The van der Waals surface area contributed by atoms with Crippen LogP contribution in [-0.4, -0.2) is 59.1 Å². The Labute approximate surface area is 154 Å². The highest BCUT2D eigenvalue weighted by Crippen LogP contribution is 2.25. The number of aliphatic carboxylic acids is 1. The number of rotatable bonds is 4. The lowest BCUT2D eigenvalue weighted by Gasteiger charge is -2.36. The minimum Gasteiger partial charge on any atom is -0.479 e. The van der Waals surface area contributed by atoms with Crippen LogP contribution >= 0.6 is 23.2 Å². The molecule has 0 aromatic heterocycles. The summed E-state index contributed by atoms with van der Waals surface area (Å²) >= 11 is 11.9. The molecule has 0 spiro atoms. The van der Waals surface area contributed by atoms with Crippen LogP contribution in [0.25, 0.3) is 0 Å². The number of hydrogen-bond acceptors (Lipinski definition) is 4. The predicted octanol–water partition coefficient (Wildman–Crippen LogP) is 1.81. The zero-order valence-electron chi connectivity index (χ0n) is 13.7. The number of halogens is 2. The predicted molar refractivity (Wildman–Crippen MR) is 91.9 cm³/mol. The van der Waals surface area contributed by atoms with Crippen LogP contribution in [0.5, 0.6) is 0 Å². The molecule has 1 aliphatic rings. The molecule has 2 N–H and O–H groups in total. The molecule has 0 bridgehead atoms. The number of nitrogens with one attached hydrogen (secondary N) is 1. The quantitative estimate of drug-likeness (QED) is 0.819. The van der Waals surface area contributed by atoms with Crippen LogP contribution < -0.4 is 5.32 Å². The van der Waals surface area contributed by atoms with Gasteiger partial charge in [0.1, 0.15) is 6.04 Å². The molecule has 0 radical (unpaired) electrons. The van der Waals surface area contributed by atoms with Gasteiger partial charge in [0.15, 0.2) is 6.10 Å². The largest absolute Gasteiger partial charge is 0.479 e. The summed E-state index contributed by atoms with van der Waals surface area (Å²) in [5.41, 5.74) is 0.160. The Morgan fingerprint density at radius 1 is 1.32 bits per heavy atom. The molecule has 0 aliphatic carbocycles. The van der Waals surface area contributed by atoms with Crippen LogP contribution in [-0.2, 0) is 14.3 Å². The van der Waals surface area contributed by atoms with Gasteiger partial charge in [0.05, 0.1) is 28.3 Å². The number of amides is 2. The van der Waals surface area contributed by atoms with E-state index in [-0.39, 0.29) is 28.7 Å². The van der Waals surface area contributed by atoms with Crippen molar-refractivity contribution in [1.29, 1.82) is 0 Å². The van der Waals surface area contributed by atoms with E-state index >= 15 is 0 Å². The Morgan fingerprint density at radius 2 is 2.00 bits per heavy atom. The van der Waals surface area contributed by atoms with E-state index in [9.17, 15) is 14.4 Å². The van der Waals surface area contributed by atoms with Crippen molar-refractivity contribution < 1.29 is 24.2 Å². The minimum atomic E-state index is -1.13. The molecule has 0 saturated carbocycles. The van der Waals surface area contributed by atoms with Gasteiger partial charge in [-0.15, -0.1) is 0 Å². The minimum absolute atomic E-state index is 0.0728. The van der Waals surface area contributed by atoms with E-state index in [4.69, 9.17) is 33.0 Å². The number of benzene rings is 1. The van der Waals surface area contributed by atoms with E-state index in [0.29, 0.717) is 0 Å². The molecule has 2 rings (SSSR count). The fraction of sp³-hybridized carbons (Fsp3) is 0.438. The first kappa shape index (κ1) is 19.5. The second-order valence-corrected chi connectivity index (χ2v) is 6.60. The van der Waals surface area contributed by atoms with Crippen molar-refractivity contribution in [1.82, 2.24) is 10.2 Å². The lowest BCUT2D eigenvalue weighted by atomic mass is 10.1. The standard InChI is InChI=1S/C16H18Cl2N2O5/c1-8-6-20(7-12(25-8)16(23)24)15(22)9(2)19-14(21)10-4-3-5-11(17)13(10)18/h3-5,8-9,12H,6-7H2,1-2H3,(H,19,21)(H,23,24)/t8-,9?,12?/m1/s1. The second-order valence-electron chi connectivity index (χ2n) is 5.81. The summed E-state index contributed by atoms with van der Waals surface area (Å²) in [6.45, 7) is 3.39. The van der Waals surface area contributed by atoms with E-state index in [1.807, 2.05) is 0 Å². The van der Waals surface area contributed by atoms with Gasteiger partial charge < -0.3 is 20.1 Å². The van der Waals surface area contributed by atoms with Crippen molar-refractivity contribution in [2.75, 3.05) is 13.1 Å². The fourth-order valence-corrected chi connectivity index (χ4v) is 2.94. The zero-order chi connectivity index (χ0) is 18.7. The highest BCUT2D eigenvalue weighted by molar-refractivity contribution is 6.43. The number of carbonyl (C=O) groups excluding carboxylic acids is 2. The van der Waals surface area contributed by atoms with Gasteiger partial charge in [-0.25, -0.2) is 4.79 Å². The number of hydrogen-bond donors (Lipinski definition) is 2. The third-order valence-electron chi connectivity index (χ3n) is 3.76. The van der Waals surface area contributed by atoms with Crippen LogP contribution in [0.1, 0.15) is 24.2 Å². The first-order valence-corrected chi connectivity index (χ1v) is 8.38. The van der Waals surface area contributed by atoms with Gasteiger partial charge in [0.25, 0.3) is 5.91 Å². The van der Waals surface area contributed by atoms with E-state index in [1.165, 1.54) is 17.9 Å². The van der Waals surface area contributed by atoms with Crippen molar-refractivity contribution >= 4 is 41.0 Å². The smallest absolute Gasteiger partial charge is 0.334 e. The van der Waals surface area contributed by atoms with Crippen LogP contribution in [0.4, 0.5) is 0 Å². The number of morpholine rings is 1. The van der Waals surface area contributed by atoms with Gasteiger partial charge in [-0.05, 0) is 26.0 Å². The fourth-order valence-electron chi connectivity index (χ4n) is 2.56. The van der Waals surface area contributed by atoms with Crippen molar-refractivity contribution in [2.45, 2.75) is 32.1 Å². The number of ether oxygens (including phenoxy) is 1. The maximum Gasteiger partial charge on any atom is 0.334 e. The lowest BCUT2D eigenvalue weighted by Crippen LogP contribution is -2.56. The average Bonchev–Trinajstić information content (AvgIpc) is 2.55. The summed E-state index contributed by atoms with van der Waals surface area (Å²) in [5, 5.41) is 12.0. The van der Waals surface area contributed by atoms with Gasteiger partial charge in [0, 0.05) is 6.54 Å². The summed E-state index contributed by atoms with van der Waals surface area (Å²) in [6, 6.07) is 3.77. The molecule has 7 nitrogen and oxygen atoms in total. The molecule has 2 amide bonds. The molecule has 1 saturated heterocycles. The topological polar surface area (TPSA) is 95.9 Å². The summed E-state index contributed by atoms with van der Waals surface area (Å²) in [6.07, 6.45) is -1.50. The first-order chi connectivity index (χ1) is 11.7. The summed E-state index contributed by atoms with van der Waals surface area (Å²) < 4.78 is 5.27. The van der Waals surface area contributed by atoms with E-state index in [2.05, 4.69) is 5.32 Å². The Kier molecular flexibility index (Phi) is 6.26. The lowest BCUT2D eigenvalue weighted by molar-refractivity contribution is -0.167. The van der Waals surface area contributed by atoms with Crippen molar-refractivity contribution in [3.8, 4) is 0 Å². The molecule has 3 atom stereocenters. The SMILES string of the molecule is CC(NC(=O)c1cccc(Cl)c1Cl)C(=O)N1CC(C(=O)O)O[C@H](C)C1. The Balaban J connectivity index is 2.05. The maximum absolute atomic E-state index is 12.5. The third kappa shape index (κ3) is 4.62. The monoisotopic (exact) mass is 388 g/mol. The normalized spacial score (nSPS) is 21.5. The molecule has 1 aromatic carbocycles. The third-order valence-corrected chi connectivity index (χ3v) is 4.58. The molecular weight excluding hydrogens is 371 g/mol. The highest BCUT2D eigenvalue weighted by atomic mass is 35.5. The molecular formula is C16H18Cl2N2O5. The highest BCUT2D eigenvalue weighted by Gasteiger charge is 2.34. The van der Waals surface area contributed by atoms with Gasteiger partial charge >= 0.3 is 5.97 Å². The molecule has 136 valence electrons. The van der Waals surface area contributed by atoms with Gasteiger partial charge in [-0.2, -0.15) is 0 Å². The average molecular weight is 389 g/mol. The van der Waals surface area contributed by atoms with Crippen LogP contribution in [0.15, 0.2) is 18.2 Å². The van der Waals surface area contributed by atoms with E-state index < -0.39 is 36.0 Å². The summed E-state index contributed by atoms with van der Waals surface area (Å²) in [4.78, 5) is 37.3. The van der Waals surface area contributed by atoms with Crippen molar-refractivity contribution in [3.63, 3.8) is 0 Å². The van der Waals surface area contributed by atoms with Crippen LogP contribution in [0, 0.1) is 0 Å². The molecule has 1 fully saturated rings. The number of carboxylic acids is 1. The van der Waals surface area contributed by atoms with Crippen molar-refractivity contribution in [2.24, 2.45) is 0 Å². The summed E-state index contributed by atoms with van der Waals surface area (Å²) in [5.74, 6) is -2.07. The van der Waals surface area contributed by atoms with Crippen LogP contribution in [0.3, 0.4) is 0 Å². The van der Waals surface area contributed by atoms with Gasteiger partial charge in [-0.3, -0.25) is 9.59 Å². The van der Waals surface area contributed by atoms with E-state index in [1.54, 1.807) is 19.1 Å². The molecule has 25 heavy (non-hydrogen) atoms. The van der Waals surface area contributed by atoms with Gasteiger partial charge in [-0.1, -0.05) is 29.3 Å². The number of carboxylic acid groups (broad SMARTS) is 1. The van der Waals surface area contributed by atoms with Crippen molar-refractivity contribution in [3.05, 3.63) is 33.8 Å². The maximum atomic E-state index is 12.5. The Bertz CT molecular complexity index is 697. The number of nitrogens with zero attached hydrogens (tertiary/aromatic N) is 1. The second kappa shape index (κ2) is 8.03. The number of carbonyl (C=O) groups is 3. The zero-order valence-corrected chi connectivity index (χ0v) is 15.2. The molecule has 1 aromatic rings. The Hall–Kier alpha value is -1.83. The Morgan fingerprint density at radius 3 is 2.64 bits per heavy atom. The van der Waals surface area contributed by atoms with Crippen LogP contribution in [0.2, 0.25) is 10.0 Å². The summed E-state index contributed by atoms with van der Waals surface area (Å²) in [7, 11) is 0.